The summed E-state index contributed by atoms with van der Waals surface area (Å²) in [4.78, 5) is 16.4. The number of hydrogen-bond donors (Lipinski definition) is 2. The van der Waals surface area contributed by atoms with E-state index in [0.717, 1.165) is 34.6 Å². The van der Waals surface area contributed by atoms with Crippen molar-refractivity contribution >= 4 is 17.2 Å². The fraction of sp³-hybridized carbons (Fsp3) is 0.167. The largest absolute Gasteiger partial charge is 0.372 e. The first-order valence-electron chi connectivity index (χ1n) is 9.69. The first kappa shape index (κ1) is 16.8. The van der Waals surface area contributed by atoms with E-state index in [-0.39, 0.29) is 17.7 Å². The molecular formula is C24H22N3O+. The molecule has 2 aromatic carbocycles. The lowest BCUT2D eigenvalue weighted by molar-refractivity contribution is -0.378. The van der Waals surface area contributed by atoms with Gasteiger partial charge in [-0.2, -0.15) is 0 Å². The third-order valence-electron chi connectivity index (χ3n) is 5.66. The maximum absolute atomic E-state index is 13.4. The first-order chi connectivity index (χ1) is 13.8. The third kappa shape index (κ3) is 2.97. The Morgan fingerprint density at radius 3 is 2.29 bits per heavy atom. The summed E-state index contributed by atoms with van der Waals surface area (Å²) in [6.45, 7) is 0. The van der Waals surface area contributed by atoms with E-state index in [1.165, 1.54) is 5.56 Å². The quantitative estimate of drug-likeness (QED) is 0.701. The number of anilines is 2. The molecule has 1 aliphatic heterocycles. The summed E-state index contributed by atoms with van der Waals surface area (Å²) in [5.41, 5.74) is 6.21. The SMILES string of the molecule is O=C1CC(c2ccccc2)CC2=C1C(c1cc[nH+]cc1)Nc1ccccc1N2. The van der Waals surface area contributed by atoms with Crippen LogP contribution in [0.3, 0.4) is 0 Å². The van der Waals surface area contributed by atoms with Gasteiger partial charge in [0.15, 0.2) is 18.2 Å². The van der Waals surface area contributed by atoms with E-state index in [9.17, 15) is 4.79 Å². The summed E-state index contributed by atoms with van der Waals surface area (Å²) in [6.07, 6.45) is 5.18. The molecular weight excluding hydrogens is 346 g/mol. The number of H-pyrrole nitrogens is 1. The zero-order chi connectivity index (χ0) is 18.9. The van der Waals surface area contributed by atoms with Gasteiger partial charge in [-0.05, 0) is 35.6 Å². The number of pyridine rings is 1. The number of aromatic nitrogens is 1. The second kappa shape index (κ2) is 6.97. The maximum Gasteiger partial charge on any atom is 0.167 e. The molecule has 2 aliphatic rings. The van der Waals surface area contributed by atoms with Gasteiger partial charge >= 0.3 is 0 Å². The van der Waals surface area contributed by atoms with Crippen molar-refractivity contribution in [2.24, 2.45) is 0 Å². The summed E-state index contributed by atoms with van der Waals surface area (Å²) in [7, 11) is 0. The number of rotatable bonds is 2. The molecule has 5 rings (SSSR count). The Labute approximate surface area is 164 Å². The van der Waals surface area contributed by atoms with Crippen LogP contribution >= 0.6 is 0 Å². The van der Waals surface area contributed by atoms with Gasteiger partial charge in [0.2, 0.25) is 0 Å². The smallest absolute Gasteiger partial charge is 0.167 e. The Kier molecular flexibility index (Phi) is 4.17. The Morgan fingerprint density at radius 1 is 0.786 bits per heavy atom. The van der Waals surface area contributed by atoms with Crippen molar-refractivity contribution in [1.29, 1.82) is 0 Å². The number of carbonyl (C=O) groups is 1. The highest BCUT2D eigenvalue weighted by Gasteiger charge is 2.36. The van der Waals surface area contributed by atoms with Gasteiger partial charge in [0.05, 0.1) is 17.4 Å². The molecule has 0 fully saturated rings. The second-order valence-corrected chi connectivity index (χ2v) is 7.41. The number of fused-ring (bicyclic) bond motifs is 1. The van der Waals surface area contributed by atoms with Crippen LogP contribution in [0, 0.1) is 0 Å². The fourth-order valence-electron chi connectivity index (χ4n) is 4.30. The minimum Gasteiger partial charge on any atom is -0.372 e. The Balaban J connectivity index is 1.62. The summed E-state index contributed by atoms with van der Waals surface area (Å²) < 4.78 is 0. The third-order valence-corrected chi connectivity index (χ3v) is 5.66. The van der Waals surface area contributed by atoms with Crippen LogP contribution in [-0.2, 0) is 4.79 Å². The molecule has 4 nitrogen and oxygen atoms in total. The minimum atomic E-state index is -0.162. The average Bonchev–Trinajstić information content (AvgIpc) is 2.92. The predicted molar refractivity (Wildman–Crippen MR) is 110 cm³/mol. The van der Waals surface area contributed by atoms with Gasteiger partial charge in [0.25, 0.3) is 0 Å². The fourth-order valence-corrected chi connectivity index (χ4v) is 4.30. The molecule has 2 unspecified atom stereocenters. The van der Waals surface area contributed by atoms with Crippen LogP contribution in [-0.4, -0.2) is 5.78 Å². The monoisotopic (exact) mass is 368 g/mol. The zero-order valence-corrected chi connectivity index (χ0v) is 15.5. The van der Waals surface area contributed by atoms with Crippen molar-refractivity contribution in [3.8, 4) is 0 Å². The molecule has 0 spiro atoms. The van der Waals surface area contributed by atoms with Crippen LogP contribution in [0.15, 0.2) is 90.4 Å². The van der Waals surface area contributed by atoms with Crippen molar-refractivity contribution < 1.29 is 9.78 Å². The number of benzene rings is 2. The highest BCUT2D eigenvalue weighted by molar-refractivity contribution is 6.01. The molecule has 0 radical (unpaired) electrons. The van der Waals surface area contributed by atoms with Gasteiger partial charge in [-0.25, -0.2) is 4.98 Å². The van der Waals surface area contributed by atoms with Gasteiger partial charge in [0, 0.05) is 29.8 Å². The number of carbonyl (C=O) groups excluding carboxylic acids is 1. The van der Waals surface area contributed by atoms with Crippen LogP contribution in [0.1, 0.15) is 35.9 Å². The van der Waals surface area contributed by atoms with Gasteiger partial charge in [-0.1, -0.05) is 42.5 Å². The number of Topliss-reactive ketones (excluding diaryl/α,β-unsaturated/α-hetero) is 1. The number of nitrogens with one attached hydrogen (secondary N) is 3. The van der Waals surface area contributed by atoms with E-state index in [0.29, 0.717) is 6.42 Å². The van der Waals surface area contributed by atoms with Crippen molar-refractivity contribution in [3.63, 3.8) is 0 Å². The number of hydrogen-bond acceptors (Lipinski definition) is 3. The lowest BCUT2D eigenvalue weighted by Gasteiger charge is -2.29. The Bertz CT molecular complexity index is 1040. The van der Waals surface area contributed by atoms with Crippen LogP contribution in [0.5, 0.6) is 0 Å². The van der Waals surface area contributed by atoms with Gasteiger partial charge in [-0.3, -0.25) is 4.79 Å². The molecule has 0 bridgehead atoms. The molecule has 28 heavy (non-hydrogen) atoms. The highest BCUT2D eigenvalue weighted by atomic mass is 16.1. The topological polar surface area (TPSA) is 55.3 Å². The average molecular weight is 368 g/mol. The predicted octanol–water partition coefficient (Wildman–Crippen LogP) is 4.48. The standard InChI is InChI=1S/C24H21N3O/c28-22-15-18(16-6-2-1-3-7-16)14-21-23(22)24(17-10-12-25-13-11-17)27-20-9-5-4-8-19(20)26-21/h1-13,18,24,26-27H,14-15H2/p+1. The molecule has 1 aliphatic carbocycles. The van der Waals surface area contributed by atoms with E-state index in [4.69, 9.17) is 0 Å². The normalized spacial score (nSPS) is 21.1. The second-order valence-electron chi connectivity index (χ2n) is 7.41. The lowest BCUT2D eigenvalue weighted by atomic mass is 9.78. The van der Waals surface area contributed by atoms with Crippen LogP contribution in [0.25, 0.3) is 0 Å². The zero-order valence-electron chi connectivity index (χ0n) is 15.5. The molecule has 0 saturated heterocycles. The van der Waals surface area contributed by atoms with Crippen molar-refractivity contribution in [1.82, 2.24) is 0 Å². The number of ketones is 1. The number of aromatic amines is 1. The Hall–Kier alpha value is -3.40. The van der Waals surface area contributed by atoms with E-state index < -0.39 is 0 Å². The van der Waals surface area contributed by atoms with Crippen molar-refractivity contribution in [2.45, 2.75) is 24.8 Å². The van der Waals surface area contributed by atoms with E-state index >= 15 is 0 Å². The summed E-state index contributed by atoms with van der Waals surface area (Å²) >= 11 is 0. The van der Waals surface area contributed by atoms with Crippen molar-refractivity contribution in [3.05, 3.63) is 102 Å². The summed E-state index contributed by atoms with van der Waals surface area (Å²) in [5, 5.41) is 7.18. The van der Waals surface area contributed by atoms with Gasteiger partial charge in [0.1, 0.15) is 0 Å². The van der Waals surface area contributed by atoms with E-state index in [1.807, 2.05) is 54.9 Å². The highest BCUT2D eigenvalue weighted by Crippen LogP contribution is 2.43. The molecule has 138 valence electrons. The molecule has 2 heterocycles. The van der Waals surface area contributed by atoms with E-state index in [2.05, 4.69) is 39.9 Å². The molecule has 4 heteroatoms. The molecule has 3 N–H and O–H groups in total. The number of allylic oxidation sites excluding steroid dienone is 1. The van der Waals surface area contributed by atoms with Crippen LogP contribution in [0.4, 0.5) is 11.4 Å². The Morgan fingerprint density at radius 2 is 1.50 bits per heavy atom. The molecule has 1 aromatic heterocycles. The minimum absolute atomic E-state index is 0.162. The van der Waals surface area contributed by atoms with Crippen molar-refractivity contribution in [2.75, 3.05) is 10.6 Å². The summed E-state index contributed by atoms with van der Waals surface area (Å²) in [6, 6.07) is 22.4. The maximum atomic E-state index is 13.4. The molecule has 3 aromatic rings. The van der Waals surface area contributed by atoms with Crippen LogP contribution < -0.4 is 15.6 Å². The van der Waals surface area contributed by atoms with Crippen LogP contribution in [0.2, 0.25) is 0 Å². The van der Waals surface area contributed by atoms with Gasteiger partial charge < -0.3 is 10.6 Å². The molecule has 0 saturated carbocycles. The summed E-state index contributed by atoms with van der Waals surface area (Å²) in [5.74, 6) is 0.413. The number of para-hydroxylation sites is 2. The van der Waals surface area contributed by atoms with E-state index in [1.54, 1.807) is 0 Å². The lowest BCUT2D eigenvalue weighted by Crippen LogP contribution is -2.27. The molecule has 2 atom stereocenters. The first-order valence-corrected chi connectivity index (χ1v) is 9.69. The molecule has 0 amide bonds. The van der Waals surface area contributed by atoms with Gasteiger partial charge in [-0.15, -0.1) is 0 Å².